The molecular formula is C14H9F3INO. The van der Waals surface area contributed by atoms with Gasteiger partial charge in [0.2, 0.25) is 0 Å². The number of rotatable bonds is 2. The second kappa shape index (κ2) is 5.82. The third-order valence-corrected chi connectivity index (χ3v) is 3.53. The van der Waals surface area contributed by atoms with Crippen molar-refractivity contribution in [3.63, 3.8) is 0 Å². The Labute approximate surface area is 127 Å². The third-order valence-electron chi connectivity index (χ3n) is 2.59. The van der Waals surface area contributed by atoms with Crippen LogP contribution < -0.4 is 5.32 Å². The van der Waals surface area contributed by atoms with Crippen molar-refractivity contribution in [1.29, 1.82) is 0 Å². The van der Waals surface area contributed by atoms with Crippen LogP contribution in [0.25, 0.3) is 0 Å². The zero-order chi connectivity index (χ0) is 14.8. The van der Waals surface area contributed by atoms with Gasteiger partial charge >= 0.3 is 6.18 Å². The molecule has 2 aromatic carbocycles. The summed E-state index contributed by atoms with van der Waals surface area (Å²) < 4.78 is 38.0. The van der Waals surface area contributed by atoms with Crippen LogP contribution in [0.5, 0.6) is 0 Å². The first-order valence-corrected chi connectivity index (χ1v) is 6.69. The van der Waals surface area contributed by atoms with E-state index in [-0.39, 0.29) is 5.91 Å². The van der Waals surface area contributed by atoms with Gasteiger partial charge in [-0.3, -0.25) is 4.79 Å². The molecular weight excluding hydrogens is 382 g/mol. The Bertz CT molecular complexity index is 623. The number of benzene rings is 2. The number of carbonyl (C=O) groups excluding carboxylic acids is 1. The highest BCUT2D eigenvalue weighted by Crippen LogP contribution is 2.29. The molecule has 0 aliphatic heterocycles. The van der Waals surface area contributed by atoms with Crippen LogP contribution in [-0.2, 0) is 6.18 Å². The lowest BCUT2D eigenvalue weighted by Gasteiger charge is -2.09. The van der Waals surface area contributed by atoms with Gasteiger partial charge in [-0.2, -0.15) is 13.2 Å². The van der Waals surface area contributed by atoms with E-state index in [1.165, 1.54) is 12.1 Å². The van der Waals surface area contributed by atoms with Crippen LogP contribution in [0.2, 0.25) is 0 Å². The number of anilines is 1. The highest BCUT2D eigenvalue weighted by molar-refractivity contribution is 14.1. The Balaban J connectivity index is 2.15. The maximum atomic E-state index is 12.4. The minimum Gasteiger partial charge on any atom is -0.322 e. The fourth-order valence-corrected chi connectivity index (χ4v) is 2.22. The molecule has 0 radical (unpaired) electrons. The Kier molecular flexibility index (Phi) is 4.32. The Morgan fingerprint density at radius 1 is 1.00 bits per heavy atom. The summed E-state index contributed by atoms with van der Waals surface area (Å²) in [6, 6.07) is 11.3. The van der Waals surface area contributed by atoms with E-state index in [1.54, 1.807) is 24.3 Å². The summed E-state index contributed by atoms with van der Waals surface area (Å²) in [4.78, 5) is 12.0. The van der Waals surface area contributed by atoms with Gasteiger partial charge in [0.15, 0.2) is 0 Å². The Hall–Kier alpha value is -1.57. The number of carbonyl (C=O) groups is 1. The highest BCUT2D eigenvalue weighted by atomic mass is 127. The van der Waals surface area contributed by atoms with Crippen molar-refractivity contribution in [3.05, 3.63) is 63.2 Å². The molecule has 0 saturated heterocycles. The van der Waals surface area contributed by atoms with Crippen molar-refractivity contribution in [3.8, 4) is 0 Å². The molecule has 0 fully saturated rings. The summed E-state index contributed by atoms with van der Waals surface area (Å²) in [5.41, 5.74) is 0.0560. The van der Waals surface area contributed by atoms with E-state index in [9.17, 15) is 18.0 Å². The summed E-state index contributed by atoms with van der Waals surface area (Å²) in [5.74, 6) is -0.352. The number of alkyl halides is 3. The van der Waals surface area contributed by atoms with Gasteiger partial charge in [-0.25, -0.2) is 0 Å². The van der Waals surface area contributed by atoms with E-state index in [0.29, 0.717) is 11.3 Å². The van der Waals surface area contributed by atoms with Crippen molar-refractivity contribution in [2.75, 3.05) is 5.32 Å². The molecule has 2 nitrogen and oxygen atoms in total. The highest BCUT2D eigenvalue weighted by Gasteiger charge is 2.29. The molecule has 0 spiro atoms. The zero-order valence-electron chi connectivity index (χ0n) is 10.0. The fourth-order valence-electron chi connectivity index (χ4n) is 1.59. The average Bonchev–Trinajstić information content (AvgIpc) is 2.38. The first-order valence-electron chi connectivity index (χ1n) is 5.61. The van der Waals surface area contributed by atoms with E-state index in [4.69, 9.17) is 0 Å². The van der Waals surface area contributed by atoms with Crippen LogP contribution in [0.15, 0.2) is 48.5 Å². The largest absolute Gasteiger partial charge is 0.416 e. The predicted octanol–water partition coefficient (Wildman–Crippen LogP) is 4.56. The average molecular weight is 391 g/mol. The van der Waals surface area contributed by atoms with Crippen molar-refractivity contribution < 1.29 is 18.0 Å². The molecule has 2 aromatic rings. The molecule has 20 heavy (non-hydrogen) atoms. The quantitative estimate of drug-likeness (QED) is 0.748. The molecule has 2 rings (SSSR count). The first kappa shape index (κ1) is 14.8. The van der Waals surface area contributed by atoms with Gasteiger partial charge in [-0.1, -0.05) is 12.1 Å². The summed E-state index contributed by atoms with van der Waals surface area (Å²) in [7, 11) is 0. The molecule has 0 heterocycles. The Morgan fingerprint density at radius 2 is 1.60 bits per heavy atom. The lowest BCUT2D eigenvalue weighted by molar-refractivity contribution is -0.137. The zero-order valence-corrected chi connectivity index (χ0v) is 12.2. The van der Waals surface area contributed by atoms with Gasteiger partial charge in [-0.15, -0.1) is 0 Å². The van der Waals surface area contributed by atoms with Crippen LogP contribution >= 0.6 is 22.6 Å². The van der Waals surface area contributed by atoms with E-state index in [1.807, 2.05) is 22.6 Å². The second-order valence-electron chi connectivity index (χ2n) is 4.01. The topological polar surface area (TPSA) is 29.1 Å². The monoisotopic (exact) mass is 391 g/mol. The molecule has 6 heteroatoms. The second-order valence-corrected chi connectivity index (χ2v) is 5.17. The SMILES string of the molecule is O=C(Nc1ccc(C(F)(F)F)cc1)c1ccccc1I. The van der Waals surface area contributed by atoms with Crippen LogP contribution in [0.4, 0.5) is 18.9 Å². The summed E-state index contributed by atoms with van der Waals surface area (Å²) in [6.45, 7) is 0. The summed E-state index contributed by atoms with van der Waals surface area (Å²) in [5, 5.41) is 2.57. The van der Waals surface area contributed by atoms with Crippen LogP contribution in [0.1, 0.15) is 15.9 Å². The normalized spacial score (nSPS) is 11.2. The number of halogens is 4. The standard InChI is InChI=1S/C14H9F3INO/c15-14(16,17)9-5-7-10(8-6-9)19-13(20)11-3-1-2-4-12(11)18/h1-8H,(H,19,20). The summed E-state index contributed by atoms with van der Waals surface area (Å²) >= 11 is 2.02. The molecule has 0 bridgehead atoms. The maximum Gasteiger partial charge on any atom is 0.416 e. The predicted molar refractivity (Wildman–Crippen MR) is 78.6 cm³/mol. The molecule has 0 saturated carbocycles. The molecule has 0 aliphatic rings. The third kappa shape index (κ3) is 3.50. The van der Waals surface area contributed by atoms with E-state index < -0.39 is 11.7 Å². The van der Waals surface area contributed by atoms with Gasteiger partial charge in [-0.05, 0) is 59.0 Å². The Morgan fingerprint density at radius 3 is 2.15 bits per heavy atom. The number of amides is 1. The molecule has 0 atom stereocenters. The van der Waals surface area contributed by atoms with Crippen LogP contribution in [-0.4, -0.2) is 5.91 Å². The fraction of sp³-hybridized carbons (Fsp3) is 0.0714. The lowest BCUT2D eigenvalue weighted by Crippen LogP contribution is -2.13. The van der Waals surface area contributed by atoms with Crippen LogP contribution in [0.3, 0.4) is 0 Å². The number of hydrogen-bond acceptors (Lipinski definition) is 1. The molecule has 0 unspecified atom stereocenters. The minimum atomic E-state index is -4.38. The smallest absolute Gasteiger partial charge is 0.322 e. The first-order chi connectivity index (χ1) is 9.38. The molecule has 0 aliphatic carbocycles. The van der Waals surface area contributed by atoms with Crippen molar-refractivity contribution in [2.24, 2.45) is 0 Å². The molecule has 104 valence electrons. The van der Waals surface area contributed by atoms with Gasteiger partial charge in [0.25, 0.3) is 5.91 Å². The van der Waals surface area contributed by atoms with Crippen molar-refractivity contribution in [2.45, 2.75) is 6.18 Å². The van der Waals surface area contributed by atoms with Gasteiger partial charge in [0.05, 0.1) is 11.1 Å². The van der Waals surface area contributed by atoms with E-state index in [2.05, 4.69) is 5.32 Å². The lowest BCUT2D eigenvalue weighted by atomic mass is 10.2. The molecule has 1 amide bonds. The van der Waals surface area contributed by atoms with Crippen molar-refractivity contribution in [1.82, 2.24) is 0 Å². The van der Waals surface area contributed by atoms with E-state index >= 15 is 0 Å². The minimum absolute atomic E-state index is 0.322. The van der Waals surface area contributed by atoms with Crippen molar-refractivity contribution >= 4 is 34.2 Å². The van der Waals surface area contributed by atoms with Crippen LogP contribution in [0, 0.1) is 3.57 Å². The number of nitrogens with one attached hydrogen (secondary N) is 1. The summed E-state index contributed by atoms with van der Waals surface area (Å²) in [6.07, 6.45) is -4.38. The van der Waals surface area contributed by atoms with Gasteiger partial charge < -0.3 is 5.32 Å². The maximum absolute atomic E-state index is 12.4. The molecule has 1 N–H and O–H groups in total. The number of hydrogen-bond donors (Lipinski definition) is 1. The van der Waals surface area contributed by atoms with E-state index in [0.717, 1.165) is 15.7 Å². The van der Waals surface area contributed by atoms with Gasteiger partial charge in [0, 0.05) is 9.26 Å². The van der Waals surface area contributed by atoms with Gasteiger partial charge in [0.1, 0.15) is 0 Å². The molecule has 0 aromatic heterocycles.